The minimum Gasteiger partial charge on any atom is -0.344 e. The van der Waals surface area contributed by atoms with E-state index in [2.05, 4.69) is 17.8 Å². The number of nitrogens with zero attached hydrogens (tertiary/aromatic N) is 2. The third-order valence-electron chi connectivity index (χ3n) is 5.58. The van der Waals surface area contributed by atoms with E-state index in [1.54, 1.807) is 0 Å². The van der Waals surface area contributed by atoms with Gasteiger partial charge >= 0.3 is 0 Å². The van der Waals surface area contributed by atoms with Gasteiger partial charge < -0.3 is 9.80 Å². The SMILES string of the molecule is CCCC1CC(CN(C)C(=O)CCCCN2Cc3ccccc3C2=O)NN1. The van der Waals surface area contributed by atoms with Crippen LogP contribution in [0.2, 0.25) is 0 Å². The number of carbonyl (C=O) groups is 2. The first kappa shape index (κ1) is 19.8. The molecule has 2 amide bonds. The fraction of sp³-hybridized carbons (Fsp3) is 0.619. The summed E-state index contributed by atoms with van der Waals surface area (Å²) in [5.74, 6) is 0.308. The molecule has 148 valence electrons. The summed E-state index contributed by atoms with van der Waals surface area (Å²) in [6.45, 7) is 4.35. The smallest absolute Gasteiger partial charge is 0.254 e. The summed E-state index contributed by atoms with van der Waals surface area (Å²) in [5, 5.41) is 0. The quantitative estimate of drug-likeness (QED) is 0.653. The monoisotopic (exact) mass is 372 g/mol. The summed E-state index contributed by atoms with van der Waals surface area (Å²) in [4.78, 5) is 28.4. The van der Waals surface area contributed by atoms with Gasteiger partial charge in [0.1, 0.15) is 0 Å². The lowest BCUT2D eigenvalue weighted by Gasteiger charge is -2.21. The van der Waals surface area contributed by atoms with Gasteiger partial charge in [0.25, 0.3) is 5.91 Å². The Kier molecular flexibility index (Phi) is 6.85. The van der Waals surface area contributed by atoms with Crippen LogP contribution in [0, 0.1) is 0 Å². The van der Waals surface area contributed by atoms with Crippen LogP contribution in [-0.2, 0) is 11.3 Å². The van der Waals surface area contributed by atoms with Crippen LogP contribution in [0.1, 0.15) is 61.4 Å². The first-order valence-electron chi connectivity index (χ1n) is 10.2. The molecule has 1 fully saturated rings. The second kappa shape index (κ2) is 9.33. The topological polar surface area (TPSA) is 64.7 Å². The number of rotatable bonds is 9. The molecule has 2 aliphatic rings. The maximum absolute atomic E-state index is 12.4. The van der Waals surface area contributed by atoms with Crippen molar-refractivity contribution in [2.24, 2.45) is 0 Å². The highest BCUT2D eigenvalue weighted by Gasteiger charge is 2.27. The zero-order valence-corrected chi connectivity index (χ0v) is 16.5. The van der Waals surface area contributed by atoms with Crippen LogP contribution in [0.15, 0.2) is 24.3 Å². The molecule has 2 unspecified atom stereocenters. The van der Waals surface area contributed by atoms with E-state index in [-0.39, 0.29) is 11.8 Å². The van der Waals surface area contributed by atoms with Gasteiger partial charge in [0.05, 0.1) is 0 Å². The lowest BCUT2D eigenvalue weighted by molar-refractivity contribution is -0.130. The van der Waals surface area contributed by atoms with Gasteiger partial charge in [-0.2, -0.15) is 0 Å². The number of nitrogens with one attached hydrogen (secondary N) is 2. The molecule has 2 aliphatic heterocycles. The maximum atomic E-state index is 12.4. The van der Waals surface area contributed by atoms with Crippen molar-refractivity contribution in [1.82, 2.24) is 20.7 Å². The fourth-order valence-electron chi connectivity index (χ4n) is 4.05. The highest BCUT2D eigenvalue weighted by molar-refractivity contribution is 5.98. The summed E-state index contributed by atoms with van der Waals surface area (Å²) in [6.07, 6.45) is 5.64. The molecular weight excluding hydrogens is 340 g/mol. The molecule has 0 bridgehead atoms. The number of likely N-dealkylation sites (N-methyl/N-ethyl adjacent to an activating group) is 1. The van der Waals surface area contributed by atoms with Crippen LogP contribution in [0.4, 0.5) is 0 Å². The van der Waals surface area contributed by atoms with Crippen molar-refractivity contribution in [2.45, 2.75) is 64.1 Å². The van der Waals surface area contributed by atoms with Crippen molar-refractivity contribution in [3.63, 3.8) is 0 Å². The van der Waals surface area contributed by atoms with E-state index in [1.165, 1.54) is 12.8 Å². The van der Waals surface area contributed by atoms with Crippen LogP contribution in [-0.4, -0.2) is 53.8 Å². The van der Waals surface area contributed by atoms with Gasteiger partial charge in [-0.25, -0.2) is 0 Å². The van der Waals surface area contributed by atoms with Gasteiger partial charge in [0.2, 0.25) is 5.91 Å². The lowest BCUT2D eigenvalue weighted by Crippen LogP contribution is -2.41. The molecule has 0 aliphatic carbocycles. The van der Waals surface area contributed by atoms with E-state index < -0.39 is 0 Å². The third-order valence-corrected chi connectivity index (χ3v) is 5.58. The largest absolute Gasteiger partial charge is 0.344 e. The Labute approximate surface area is 162 Å². The second-order valence-electron chi connectivity index (χ2n) is 7.82. The van der Waals surface area contributed by atoms with Gasteiger partial charge in [0.15, 0.2) is 0 Å². The average Bonchev–Trinajstić information content (AvgIpc) is 3.23. The highest BCUT2D eigenvalue weighted by atomic mass is 16.2. The zero-order chi connectivity index (χ0) is 19.2. The van der Waals surface area contributed by atoms with Crippen LogP contribution >= 0.6 is 0 Å². The number of benzene rings is 1. The molecule has 27 heavy (non-hydrogen) atoms. The molecule has 6 nitrogen and oxygen atoms in total. The van der Waals surface area contributed by atoms with Crippen molar-refractivity contribution in [1.29, 1.82) is 0 Å². The highest BCUT2D eigenvalue weighted by Crippen LogP contribution is 2.22. The predicted octanol–water partition coefficient (Wildman–Crippen LogP) is 2.31. The minimum absolute atomic E-state index is 0.121. The molecule has 0 saturated carbocycles. The molecule has 6 heteroatoms. The Morgan fingerprint density at radius 3 is 2.78 bits per heavy atom. The van der Waals surface area contributed by atoms with E-state index in [0.717, 1.165) is 43.5 Å². The maximum Gasteiger partial charge on any atom is 0.254 e. The Balaban J connectivity index is 1.32. The lowest BCUT2D eigenvalue weighted by atomic mass is 10.1. The molecule has 1 saturated heterocycles. The first-order valence-corrected chi connectivity index (χ1v) is 10.2. The Morgan fingerprint density at radius 2 is 2.00 bits per heavy atom. The van der Waals surface area contributed by atoms with E-state index in [9.17, 15) is 9.59 Å². The third kappa shape index (κ3) is 5.08. The number of carbonyl (C=O) groups excluding carboxylic acids is 2. The zero-order valence-electron chi connectivity index (χ0n) is 16.5. The molecule has 2 heterocycles. The Morgan fingerprint density at radius 1 is 1.22 bits per heavy atom. The van der Waals surface area contributed by atoms with E-state index in [1.807, 2.05) is 41.1 Å². The molecule has 3 rings (SSSR count). The first-order chi connectivity index (χ1) is 13.1. The van der Waals surface area contributed by atoms with Crippen molar-refractivity contribution >= 4 is 11.8 Å². The van der Waals surface area contributed by atoms with Gasteiger partial charge in [0, 0.05) is 50.7 Å². The molecular formula is C21H32N4O2. The Hall–Kier alpha value is -1.92. The molecule has 0 radical (unpaired) electrons. The molecule has 2 N–H and O–H groups in total. The summed E-state index contributed by atoms with van der Waals surface area (Å²) < 4.78 is 0. The number of hydrogen-bond acceptors (Lipinski definition) is 4. The number of fused-ring (bicyclic) bond motifs is 1. The van der Waals surface area contributed by atoms with E-state index in [0.29, 0.717) is 25.0 Å². The molecule has 1 aromatic rings. The number of amides is 2. The number of hydrogen-bond donors (Lipinski definition) is 2. The summed E-state index contributed by atoms with van der Waals surface area (Å²) in [6, 6.07) is 8.65. The van der Waals surface area contributed by atoms with Gasteiger partial charge in [-0.1, -0.05) is 31.5 Å². The summed E-state index contributed by atoms with van der Waals surface area (Å²) >= 11 is 0. The van der Waals surface area contributed by atoms with Crippen molar-refractivity contribution in [2.75, 3.05) is 20.1 Å². The molecule has 2 atom stereocenters. The fourth-order valence-corrected chi connectivity index (χ4v) is 4.05. The molecule has 0 spiro atoms. The van der Waals surface area contributed by atoms with Crippen molar-refractivity contribution in [3.8, 4) is 0 Å². The predicted molar refractivity (Wildman–Crippen MR) is 106 cm³/mol. The van der Waals surface area contributed by atoms with Crippen molar-refractivity contribution in [3.05, 3.63) is 35.4 Å². The normalized spacial score (nSPS) is 21.6. The van der Waals surface area contributed by atoms with Gasteiger partial charge in [-0.3, -0.25) is 20.4 Å². The van der Waals surface area contributed by atoms with Crippen LogP contribution in [0.5, 0.6) is 0 Å². The minimum atomic E-state index is 0.121. The molecule has 0 aromatic heterocycles. The summed E-state index contributed by atoms with van der Waals surface area (Å²) in [7, 11) is 1.89. The number of hydrazine groups is 1. The van der Waals surface area contributed by atoms with Crippen LogP contribution in [0.25, 0.3) is 0 Å². The van der Waals surface area contributed by atoms with Gasteiger partial charge in [-0.05, 0) is 37.3 Å². The van der Waals surface area contributed by atoms with E-state index in [4.69, 9.17) is 0 Å². The standard InChI is InChI=1S/C21H32N4O2/c1-3-8-17-13-18(23-22-17)15-24(2)20(26)11-6-7-12-25-14-16-9-4-5-10-19(16)21(25)27/h4-5,9-10,17-18,22-23H,3,6-8,11-15H2,1-2H3. The van der Waals surface area contributed by atoms with Crippen LogP contribution in [0.3, 0.4) is 0 Å². The number of unbranched alkanes of at least 4 members (excludes halogenated alkanes) is 1. The summed E-state index contributed by atoms with van der Waals surface area (Å²) in [5.41, 5.74) is 8.56. The Bertz CT molecular complexity index is 663. The molecule has 1 aromatic carbocycles. The van der Waals surface area contributed by atoms with Gasteiger partial charge in [-0.15, -0.1) is 0 Å². The van der Waals surface area contributed by atoms with E-state index >= 15 is 0 Å². The van der Waals surface area contributed by atoms with Crippen molar-refractivity contribution < 1.29 is 9.59 Å². The second-order valence-corrected chi connectivity index (χ2v) is 7.82. The van der Waals surface area contributed by atoms with Crippen LogP contribution < -0.4 is 10.9 Å². The average molecular weight is 373 g/mol.